The van der Waals surface area contributed by atoms with E-state index in [-0.39, 0.29) is 23.4 Å². The smallest absolute Gasteiger partial charge is 0.313 e. The van der Waals surface area contributed by atoms with Gasteiger partial charge < -0.3 is 4.74 Å². The minimum atomic E-state index is -0.00530. The Balaban J connectivity index is 2.67. The molecule has 1 aliphatic rings. The predicted molar refractivity (Wildman–Crippen MR) is 52.3 cm³/mol. The molecule has 1 fully saturated rings. The summed E-state index contributed by atoms with van der Waals surface area (Å²) < 4.78 is 5.20. The van der Waals surface area contributed by atoms with Crippen LogP contribution in [0.2, 0.25) is 0 Å². The van der Waals surface area contributed by atoms with Crippen LogP contribution in [0, 0.1) is 17.3 Å². The van der Waals surface area contributed by atoms with Gasteiger partial charge in [-0.25, -0.2) is 0 Å². The number of rotatable bonds is 2. The Morgan fingerprint density at radius 2 is 2.00 bits per heavy atom. The standard InChI is InChI=1S/C11H20O2/c1-6-7(2)8-9(11(3,4)5)13-10(8)12/h7-9H,6H2,1-5H3. The number of cyclic esters (lactones) is 1. The molecule has 3 unspecified atom stereocenters. The van der Waals surface area contributed by atoms with Crippen LogP contribution in [0.5, 0.6) is 0 Å². The van der Waals surface area contributed by atoms with Crippen molar-refractivity contribution in [2.75, 3.05) is 0 Å². The van der Waals surface area contributed by atoms with E-state index >= 15 is 0 Å². The number of esters is 1. The molecule has 0 aromatic rings. The van der Waals surface area contributed by atoms with Crippen LogP contribution in [0.3, 0.4) is 0 Å². The zero-order chi connectivity index (χ0) is 10.2. The lowest BCUT2D eigenvalue weighted by molar-refractivity contribution is -0.204. The minimum Gasteiger partial charge on any atom is -0.461 e. The first-order valence-corrected chi connectivity index (χ1v) is 5.08. The summed E-state index contributed by atoms with van der Waals surface area (Å²) in [7, 11) is 0. The van der Waals surface area contributed by atoms with Gasteiger partial charge in [0.1, 0.15) is 6.10 Å². The van der Waals surface area contributed by atoms with Gasteiger partial charge in [0.2, 0.25) is 0 Å². The van der Waals surface area contributed by atoms with E-state index in [0.29, 0.717) is 5.92 Å². The monoisotopic (exact) mass is 184 g/mol. The van der Waals surface area contributed by atoms with E-state index in [2.05, 4.69) is 34.6 Å². The molecule has 76 valence electrons. The molecule has 0 aromatic carbocycles. The molecule has 1 heterocycles. The number of carbonyl (C=O) groups excluding carboxylic acids is 1. The van der Waals surface area contributed by atoms with Crippen molar-refractivity contribution in [1.82, 2.24) is 0 Å². The van der Waals surface area contributed by atoms with E-state index in [0.717, 1.165) is 6.42 Å². The summed E-state index contributed by atoms with van der Waals surface area (Å²) >= 11 is 0. The number of hydrogen-bond donors (Lipinski definition) is 0. The van der Waals surface area contributed by atoms with Gasteiger partial charge in [-0.15, -0.1) is 0 Å². The Morgan fingerprint density at radius 1 is 1.46 bits per heavy atom. The Bertz CT molecular complexity index is 203. The average molecular weight is 184 g/mol. The van der Waals surface area contributed by atoms with Gasteiger partial charge in [0, 0.05) is 0 Å². The van der Waals surface area contributed by atoms with Crippen LogP contribution >= 0.6 is 0 Å². The molecule has 2 nitrogen and oxygen atoms in total. The summed E-state index contributed by atoms with van der Waals surface area (Å²) in [5.41, 5.74) is 0.0853. The molecule has 2 heteroatoms. The highest BCUT2D eigenvalue weighted by Gasteiger charge is 2.50. The van der Waals surface area contributed by atoms with Crippen LogP contribution in [0.4, 0.5) is 0 Å². The van der Waals surface area contributed by atoms with Crippen molar-refractivity contribution in [2.24, 2.45) is 17.3 Å². The van der Waals surface area contributed by atoms with E-state index in [1.807, 2.05) is 0 Å². The van der Waals surface area contributed by atoms with Gasteiger partial charge in [0.25, 0.3) is 0 Å². The molecule has 0 N–H and O–H groups in total. The van der Waals surface area contributed by atoms with Crippen molar-refractivity contribution >= 4 is 5.97 Å². The quantitative estimate of drug-likeness (QED) is 0.617. The summed E-state index contributed by atoms with van der Waals surface area (Å²) in [5, 5.41) is 0. The molecular formula is C11H20O2. The van der Waals surface area contributed by atoms with Gasteiger partial charge in [0.15, 0.2) is 0 Å². The topological polar surface area (TPSA) is 26.3 Å². The highest BCUT2D eigenvalue weighted by molar-refractivity contribution is 5.79. The van der Waals surface area contributed by atoms with Gasteiger partial charge in [0.05, 0.1) is 5.92 Å². The van der Waals surface area contributed by atoms with Crippen LogP contribution in [0.15, 0.2) is 0 Å². The molecule has 3 atom stereocenters. The molecule has 0 spiro atoms. The van der Waals surface area contributed by atoms with E-state index in [1.165, 1.54) is 0 Å². The van der Waals surface area contributed by atoms with Crippen molar-refractivity contribution in [3.8, 4) is 0 Å². The molecular weight excluding hydrogens is 164 g/mol. The fourth-order valence-corrected chi connectivity index (χ4v) is 1.83. The first kappa shape index (κ1) is 10.6. The van der Waals surface area contributed by atoms with Gasteiger partial charge in [-0.3, -0.25) is 4.79 Å². The molecule has 1 rings (SSSR count). The maximum atomic E-state index is 11.3. The van der Waals surface area contributed by atoms with Gasteiger partial charge in [-0.1, -0.05) is 41.0 Å². The highest BCUT2D eigenvalue weighted by atomic mass is 16.6. The lowest BCUT2D eigenvalue weighted by atomic mass is 9.72. The molecule has 0 radical (unpaired) electrons. The van der Waals surface area contributed by atoms with E-state index in [1.54, 1.807) is 0 Å². The number of hydrogen-bond acceptors (Lipinski definition) is 2. The van der Waals surface area contributed by atoms with Crippen molar-refractivity contribution in [1.29, 1.82) is 0 Å². The Morgan fingerprint density at radius 3 is 2.31 bits per heavy atom. The average Bonchev–Trinajstić information content (AvgIpc) is 1.97. The zero-order valence-electron chi connectivity index (χ0n) is 9.26. The number of carbonyl (C=O) groups is 1. The van der Waals surface area contributed by atoms with Crippen LogP contribution < -0.4 is 0 Å². The van der Waals surface area contributed by atoms with E-state index in [9.17, 15) is 4.79 Å². The molecule has 0 aromatic heterocycles. The Kier molecular flexibility index (Phi) is 2.69. The largest absolute Gasteiger partial charge is 0.461 e. The van der Waals surface area contributed by atoms with E-state index < -0.39 is 0 Å². The predicted octanol–water partition coefficient (Wildman–Crippen LogP) is 2.62. The Labute approximate surface area is 80.7 Å². The van der Waals surface area contributed by atoms with Crippen molar-refractivity contribution < 1.29 is 9.53 Å². The summed E-state index contributed by atoms with van der Waals surface area (Å²) in [5.74, 6) is 0.574. The summed E-state index contributed by atoms with van der Waals surface area (Å²) in [4.78, 5) is 11.3. The number of ether oxygens (including phenoxy) is 1. The molecule has 0 saturated carbocycles. The molecule has 0 bridgehead atoms. The summed E-state index contributed by atoms with van der Waals surface area (Å²) in [6, 6.07) is 0. The highest BCUT2D eigenvalue weighted by Crippen LogP contribution is 2.41. The second kappa shape index (κ2) is 3.32. The molecule has 1 saturated heterocycles. The van der Waals surface area contributed by atoms with E-state index in [4.69, 9.17) is 4.74 Å². The first-order chi connectivity index (χ1) is 5.88. The van der Waals surface area contributed by atoms with Crippen molar-refractivity contribution in [3.63, 3.8) is 0 Å². The van der Waals surface area contributed by atoms with Crippen LogP contribution in [0.25, 0.3) is 0 Å². The minimum absolute atomic E-state index is 0.00530. The Hall–Kier alpha value is -0.530. The normalized spacial score (nSPS) is 30.7. The third-order valence-electron chi connectivity index (χ3n) is 2.95. The van der Waals surface area contributed by atoms with Crippen LogP contribution in [0.1, 0.15) is 41.0 Å². The van der Waals surface area contributed by atoms with Crippen molar-refractivity contribution in [3.05, 3.63) is 0 Å². The second-order valence-corrected chi connectivity index (χ2v) is 5.13. The molecule has 1 aliphatic heterocycles. The molecule has 13 heavy (non-hydrogen) atoms. The molecule has 0 aliphatic carbocycles. The maximum absolute atomic E-state index is 11.3. The first-order valence-electron chi connectivity index (χ1n) is 5.08. The summed E-state index contributed by atoms with van der Waals surface area (Å²) in [6.07, 6.45) is 1.17. The maximum Gasteiger partial charge on any atom is 0.313 e. The fraction of sp³-hybridized carbons (Fsp3) is 0.909. The SMILES string of the molecule is CCC(C)C1C(=O)OC1C(C)(C)C. The van der Waals surface area contributed by atoms with Crippen LogP contribution in [-0.4, -0.2) is 12.1 Å². The second-order valence-electron chi connectivity index (χ2n) is 5.13. The lowest BCUT2D eigenvalue weighted by Gasteiger charge is -2.45. The third-order valence-corrected chi connectivity index (χ3v) is 2.95. The van der Waals surface area contributed by atoms with Crippen LogP contribution in [-0.2, 0) is 9.53 Å². The third kappa shape index (κ3) is 1.87. The fourth-order valence-electron chi connectivity index (χ4n) is 1.83. The van der Waals surface area contributed by atoms with Gasteiger partial charge in [-0.2, -0.15) is 0 Å². The van der Waals surface area contributed by atoms with Gasteiger partial charge in [-0.05, 0) is 11.3 Å². The summed E-state index contributed by atoms with van der Waals surface area (Å²) in [6.45, 7) is 10.6. The van der Waals surface area contributed by atoms with Crippen molar-refractivity contribution in [2.45, 2.75) is 47.1 Å². The van der Waals surface area contributed by atoms with Gasteiger partial charge >= 0.3 is 5.97 Å². The molecule has 0 amide bonds. The zero-order valence-corrected chi connectivity index (χ0v) is 9.26. The lowest BCUT2D eigenvalue weighted by Crippen LogP contribution is -2.54.